The zero-order valence-electron chi connectivity index (χ0n) is 11.5. The first-order chi connectivity index (χ1) is 9.73. The highest BCUT2D eigenvalue weighted by Gasteiger charge is 2.27. The molecule has 21 heavy (non-hydrogen) atoms. The molecule has 0 unspecified atom stereocenters. The Kier molecular flexibility index (Phi) is 6.29. The van der Waals surface area contributed by atoms with Gasteiger partial charge >= 0.3 is 6.18 Å². The van der Waals surface area contributed by atoms with Gasteiger partial charge in [-0.1, -0.05) is 11.6 Å². The molecule has 8 heteroatoms. The number of methoxy groups -OCH3 is 1. The van der Waals surface area contributed by atoms with E-state index in [2.05, 4.69) is 10.1 Å². The molecule has 0 radical (unpaired) electrons. The lowest BCUT2D eigenvalue weighted by atomic mass is 10.2. The third kappa shape index (κ3) is 6.22. The molecule has 0 aliphatic carbocycles. The van der Waals surface area contributed by atoms with E-state index in [-0.39, 0.29) is 13.0 Å². The van der Waals surface area contributed by atoms with Crippen molar-refractivity contribution in [1.29, 1.82) is 0 Å². The average Bonchev–Trinajstić information content (AvgIpc) is 2.37. The van der Waals surface area contributed by atoms with E-state index in [0.717, 1.165) is 5.56 Å². The van der Waals surface area contributed by atoms with Gasteiger partial charge in [-0.3, -0.25) is 4.79 Å². The normalized spacial score (nSPS) is 11.3. The Hall–Kier alpha value is -1.47. The van der Waals surface area contributed by atoms with Crippen LogP contribution >= 0.6 is 11.6 Å². The Morgan fingerprint density at radius 3 is 2.62 bits per heavy atom. The van der Waals surface area contributed by atoms with Crippen molar-refractivity contribution < 1.29 is 27.4 Å². The predicted molar refractivity (Wildman–Crippen MR) is 72.9 cm³/mol. The maximum atomic E-state index is 11.9. The molecule has 1 aromatic rings. The summed E-state index contributed by atoms with van der Waals surface area (Å²) in [6.07, 6.45) is -4.59. The van der Waals surface area contributed by atoms with Crippen LogP contribution in [0.5, 0.6) is 5.75 Å². The van der Waals surface area contributed by atoms with Gasteiger partial charge in [-0.05, 0) is 18.6 Å². The third-order valence-electron chi connectivity index (χ3n) is 2.49. The Morgan fingerprint density at radius 1 is 1.38 bits per heavy atom. The monoisotopic (exact) mass is 325 g/mol. The second kappa shape index (κ2) is 7.51. The van der Waals surface area contributed by atoms with E-state index in [4.69, 9.17) is 16.3 Å². The molecule has 1 N–H and O–H groups in total. The maximum Gasteiger partial charge on any atom is 0.411 e. The van der Waals surface area contributed by atoms with Crippen molar-refractivity contribution in [2.75, 3.05) is 25.6 Å². The van der Waals surface area contributed by atoms with Crippen LogP contribution in [0.25, 0.3) is 0 Å². The van der Waals surface area contributed by atoms with Gasteiger partial charge in [0.05, 0.1) is 25.8 Å². The van der Waals surface area contributed by atoms with Gasteiger partial charge in [0.15, 0.2) is 0 Å². The predicted octanol–water partition coefficient (Wildman–Crippen LogP) is 3.56. The van der Waals surface area contributed by atoms with Crippen molar-refractivity contribution >= 4 is 23.2 Å². The molecule has 0 atom stereocenters. The standard InChI is InChI=1S/C13H15ClF3NO3/c1-8-5-10(11(20-2)6-9(8)14)18-12(19)3-4-21-7-13(15,16)17/h5-6H,3-4,7H2,1-2H3,(H,18,19). The van der Waals surface area contributed by atoms with Crippen LogP contribution < -0.4 is 10.1 Å². The number of benzene rings is 1. The van der Waals surface area contributed by atoms with Crippen LogP contribution in [-0.2, 0) is 9.53 Å². The van der Waals surface area contributed by atoms with Crippen LogP contribution in [0.3, 0.4) is 0 Å². The number of nitrogens with one attached hydrogen (secondary N) is 1. The van der Waals surface area contributed by atoms with E-state index in [9.17, 15) is 18.0 Å². The molecule has 4 nitrogen and oxygen atoms in total. The summed E-state index contributed by atoms with van der Waals surface area (Å²) in [6, 6.07) is 3.17. The van der Waals surface area contributed by atoms with Gasteiger partial charge in [0.25, 0.3) is 0 Å². The van der Waals surface area contributed by atoms with Gasteiger partial charge in [-0.2, -0.15) is 13.2 Å². The molecule has 0 aliphatic heterocycles. The molecule has 118 valence electrons. The number of hydrogen-bond donors (Lipinski definition) is 1. The Labute approximate surface area is 125 Å². The Bertz CT molecular complexity index is 506. The molecule has 0 heterocycles. The van der Waals surface area contributed by atoms with Crippen LogP contribution in [0.2, 0.25) is 5.02 Å². The van der Waals surface area contributed by atoms with Gasteiger partial charge < -0.3 is 14.8 Å². The molecule has 0 saturated heterocycles. The number of anilines is 1. The summed E-state index contributed by atoms with van der Waals surface area (Å²) in [5, 5.41) is 3.03. The molecule has 0 aliphatic rings. The highest BCUT2D eigenvalue weighted by atomic mass is 35.5. The van der Waals surface area contributed by atoms with Gasteiger partial charge in [0, 0.05) is 11.1 Å². The smallest absolute Gasteiger partial charge is 0.411 e. The summed E-state index contributed by atoms with van der Waals surface area (Å²) in [6.45, 7) is 0.0633. The number of amides is 1. The Morgan fingerprint density at radius 2 is 2.05 bits per heavy atom. The SMILES string of the molecule is COc1cc(Cl)c(C)cc1NC(=O)CCOCC(F)(F)F. The second-order valence-corrected chi connectivity index (χ2v) is 4.67. The molecule has 0 spiro atoms. The van der Waals surface area contributed by atoms with Crippen LogP contribution in [0.15, 0.2) is 12.1 Å². The van der Waals surface area contributed by atoms with Crippen molar-refractivity contribution in [3.63, 3.8) is 0 Å². The molecule has 0 saturated carbocycles. The number of alkyl halides is 3. The molecule has 1 aromatic carbocycles. The first-order valence-electron chi connectivity index (χ1n) is 6.01. The van der Waals surface area contributed by atoms with E-state index in [1.807, 2.05) is 0 Å². The first kappa shape index (κ1) is 17.6. The van der Waals surface area contributed by atoms with E-state index in [1.54, 1.807) is 19.1 Å². The highest BCUT2D eigenvalue weighted by Crippen LogP contribution is 2.30. The summed E-state index contributed by atoms with van der Waals surface area (Å²) < 4.78 is 45.0. The Balaban J connectivity index is 2.53. The highest BCUT2D eigenvalue weighted by molar-refractivity contribution is 6.31. The van der Waals surface area contributed by atoms with Crippen molar-refractivity contribution in [3.8, 4) is 5.75 Å². The number of carbonyl (C=O) groups is 1. The molecule has 1 rings (SSSR count). The van der Waals surface area contributed by atoms with E-state index < -0.39 is 18.7 Å². The minimum absolute atomic E-state index is 0.194. The number of aryl methyl sites for hydroxylation is 1. The maximum absolute atomic E-state index is 11.9. The molecular weight excluding hydrogens is 311 g/mol. The van der Waals surface area contributed by atoms with Gasteiger partial charge in [-0.15, -0.1) is 0 Å². The minimum atomic E-state index is -4.40. The molecule has 0 aromatic heterocycles. The summed E-state index contributed by atoms with van der Waals surface area (Å²) >= 11 is 5.93. The molecule has 0 bridgehead atoms. The molecular formula is C13H15ClF3NO3. The van der Waals surface area contributed by atoms with Gasteiger partial charge in [0.1, 0.15) is 12.4 Å². The lowest BCUT2D eigenvalue weighted by molar-refractivity contribution is -0.174. The van der Waals surface area contributed by atoms with Crippen LogP contribution in [0.1, 0.15) is 12.0 Å². The summed E-state index contributed by atoms with van der Waals surface area (Å²) in [4.78, 5) is 11.6. The summed E-state index contributed by atoms with van der Waals surface area (Å²) in [5.74, 6) is -0.104. The van der Waals surface area contributed by atoms with E-state index in [0.29, 0.717) is 16.5 Å². The average molecular weight is 326 g/mol. The summed E-state index contributed by atoms with van der Waals surface area (Å²) in [7, 11) is 1.42. The lowest BCUT2D eigenvalue weighted by Crippen LogP contribution is -2.20. The second-order valence-electron chi connectivity index (χ2n) is 4.27. The van der Waals surface area contributed by atoms with Crippen molar-refractivity contribution in [2.45, 2.75) is 19.5 Å². The largest absolute Gasteiger partial charge is 0.495 e. The number of carbonyl (C=O) groups excluding carboxylic acids is 1. The summed E-state index contributed by atoms with van der Waals surface area (Å²) in [5.41, 5.74) is 1.14. The van der Waals surface area contributed by atoms with Crippen molar-refractivity contribution in [3.05, 3.63) is 22.7 Å². The van der Waals surface area contributed by atoms with Gasteiger partial charge in [0.2, 0.25) is 5.91 Å². The van der Waals surface area contributed by atoms with E-state index >= 15 is 0 Å². The number of rotatable bonds is 6. The fourth-order valence-electron chi connectivity index (χ4n) is 1.50. The molecule has 0 fully saturated rings. The molecule has 1 amide bonds. The zero-order valence-corrected chi connectivity index (χ0v) is 12.3. The van der Waals surface area contributed by atoms with Gasteiger partial charge in [-0.25, -0.2) is 0 Å². The quantitative estimate of drug-likeness (QED) is 0.813. The van der Waals surface area contributed by atoms with Crippen molar-refractivity contribution in [1.82, 2.24) is 0 Å². The lowest BCUT2D eigenvalue weighted by Gasteiger charge is -2.12. The number of halogens is 4. The van der Waals surface area contributed by atoms with Crippen LogP contribution in [-0.4, -0.2) is 32.4 Å². The third-order valence-corrected chi connectivity index (χ3v) is 2.90. The van der Waals surface area contributed by atoms with Crippen LogP contribution in [0, 0.1) is 6.92 Å². The minimum Gasteiger partial charge on any atom is -0.495 e. The van der Waals surface area contributed by atoms with E-state index in [1.165, 1.54) is 7.11 Å². The topological polar surface area (TPSA) is 47.6 Å². The number of ether oxygens (including phenoxy) is 2. The first-order valence-corrected chi connectivity index (χ1v) is 6.39. The fourth-order valence-corrected chi connectivity index (χ4v) is 1.65. The van der Waals surface area contributed by atoms with Crippen molar-refractivity contribution in [2.24, 2.45) is 0 Å². The number of hydrogen-bond acceptors (Lipinski definition) is 3. The van der Waals surface area contributed by atoms with Crippen LogP contribution in [0.4, 0.5) is 18.9 Å². The fraction of sp³-hybridized carbons (Fsp3) is 0.462. The zero-order chi connectivity index (χ0) is 16.0.